The van der Waals surface area contributed by atoms with Crippen LogP contribution in [0.1, 0.15) is 17.5 Å². The maximum atomic E-state index is 13.1. The molecule has 30 heavy (non-hydrogen) atoms. The largest absolute Gasteiger partial charge is 0.457 e. The molecule has 1 fully saturated rings. The fraction of sp³-hybridized carbons (Fsp3) is 0.200. The second-order valence-corrected chi connectivity index (χ2v) is 7.69. The number of ether oxygens (including phenoxy) is 1. The van der Waals surface area contributed by atoms with E-state index in [1.807, 2.05) is 42.5 Å². The van der Waals surface area contributed by atoms with Gasteiger partial charge in [-0.1, -0.05) is 42.5 Å². The van der Waals surface area contributed by atoms with E-state index in [4.69, 9.17) is 4.74 Å². The quantitative estimate of drug-likeness (QED) is 0.619. The minimum atomic E-state index is -0.397. The fourth-order valence-electron chi connectivity index (χ4n) is 4.24. The number of fused-ring (bicyclic) bond motifs is 1. The summed E-state index contributed by atoms with van der Waals surface area (Å²) in [5.41, 5.74) is 3.16. The van der Waals surface area contributed by atoms with Crippen molar-refractivity contribution in [2.75, 3.05) is 11.4 Å². The first-order valence-corrected chi connectivity index (χ1v) is 10.2. The molecule has 3 aromatic rings. The summed E-state index contributed by atoms with van der Waals surface area (Å²) in [6, 6.07) is 24.5. The van der Waals surface area contributed by atoms with Crippen molar-refractivity contribution in [1.82, 2.24) is 4.90 Å². The monoisotopic (exact) mass is 398 g/mol. The Balaban J connectivity index is 1.31. The maximum Gasteiger partial charge on any atom is 0.251 e. The van der Waals surface area contributed by atoms with E-state index in [2.05, 4.69) is 17.0 Å². The molecule has 0 spiro atoms. The zero-order valence-corrected chi connectivity index (χ0v) is 16.5. The lowest BCUT2D eigenvalue weighted by atomic mass is 9.98. The standard InChI is InChI=1S/C25H22N2O3/c28-24-16-23(26-15-14-18-6-4-5-7-19(18)17-26)25(29)27(24)20-10-12-22(13-11-20)30-21-8-2-1-3-9-21/h1-13,23H,14-17H2. The molecule has 1 saturated heterocycles. The van der Waals surface area contributed by atoms with Crippen LogP contribution in [0.15, 0.2) is 78.9 Å². The van der Waals surface area contributed by atoms with Crippen LogP contribution in [0.5, 0.6) is 11.5 Å². The molecule has 2 heterocycles. The zero-order valence-electron chi connectivity index (χ0n) is 16.5. The van der Waals surface area contributed by atoms with Gasteiger partial charge in [0.15, 0.2) is 0 Å². The highest BCUT2D eigenvalue weighted by molar-refractivity contribution is 6.22. The highest BCUT2D eigenvalue weighted by Crippen LogP contribution is 2.31. The van der Waals surface area contributed by atoms with Gasteiger partial charge in [0.2, 0.25) is 5.91 Å². The summed E-state index contributed by atoms with van der Waals surface area (Å²) in [5.74, 6) is 1.11. The molecule has 1 unspecified atom stereocenters. The van der Waals surface area contributed by atoms with Gasteiger partial charge in [-0.25, -0.2) is 4.90 Å². The molecule has 1 atom stereocenters. The van der Waals surface area contributed by atoms with Crippen molar-refractivity contribution >= 4 is 17.5 Å². The smallest absolute Gasteiger partial charge is 0.251 e. The topological polar surface area (TPSA) is 49.9 Å². The molecule has 0 N–H and O–H groups in total. The Labute approximate surface area is 175 Å². The molecule has 0 saturated carbocycles. The number of rotatable bonds is 4. The van der Waals surface area contributed by atoms with Crippen LogP contribution in [0.2, 0.25) is 0 Å². The first kappa shape index (κ1) is 18.6. The lowest BCUT2D eigenvalue weighted by Crippen LogP contribution is -2.44. The van der Waals surface area contributed by atoms with Crippen LogP contribution in [0, 0.1) is 0 Å². The first-order chi connectivity index (χ1) is 14.7. The van der Waals surface area contributed by atoms with Crippen molar-refractivity contribution in [3.63, 3.8) is 0 Å². The van der Waals surface area contributed by atoms with Crippen molar-refractivity contribution in [1.29, 1.82) is 0 Å². The first-order valence-electron chi connectivity index (χ1n) is 10.2. The predicted octanol–water partition coefficient (Wildman–Crippen LogP) is 4.17. The number of amides is 2. The molecule has 0 aliphatic carbocycles. The molecule has 150 valence electrons. The predicted molar refractivity (Wildman–Crippen MR) is 114 cm³/mol. The normalized spacial score (nSPS) is 19.1. The second-order valence-electron chi connectivity index (χ2n) is 7.69. The Bertz CT molecular complexity index is 1080. The van der Waals surface area contributed by atoms with E-state index in [1.54, 1.807) is 24.3 Å². The minimum Gasteiger partial charge on any atom is -0.457 e. The second kappa shape index (κ2) is 7.76. The molecule has 5 rings (SSSR count). The number of hydrogen-bond donors (Lipinski definition) is 0. The fourth-order valence-corrected chi connectivity index (χ4v) is 4.24. The van der Waals surface area contributed by atoms with Crippen LogP contribution in [0.25, 0.3) is 0 Å². The molecule has 2 aliphatic rings. The number of nitrogens with zero attached hydrogens (tertiary/aromatic N) is 2. The lowest BCUT2D eigenvalue weighted by Gasteiger charge is -2.32. The summed E-state index contributed by atoms with van der Waals surface area (Å²) in [7, 11) is 0. The van der Waals surface area contributed by atoms with Crippen LogP contribution in [0.3, 0.4) is 0 Å². The molecule has 3 aromatic carbocycles. The van der Waals surface area contributed by atoms with Crippen LogP contribution in [-0.4, -0.2) is 29.3 Å². The summed E-state index contributed by atoms with van der Waals surface area (Å²) in [6.45, 7) is 1.50. The Morgan fingerprint density at radius 2 is 1.43 bits per heavy atom. The van der Waals surface area contributed by atoms with E-state index in [0.29, 0.717) is 18.0 Å². The third-order valence-corrected chi connectivity index (χ3v) is 5.80. The number of carbonyl (C=O) groups is 2. The van der Waals surface area contributed by atoms with E-state index >= 15 is 0 Å². The third kappa shape index (κ3) is 3.48. The van der Waals surface area contributed by atoms with Gasteiger partial charge in [-0.2, -0.15) is 0 Å². The number of imide groups is 1. The van der Waals surface area contributed by atoms with Crippen molar-refractivity contribution < 1.29 is 14.3 Å². The van der Waals surface area contributed by atoms with E-state index in [1.165, 1.54) is 16.0 Å². The van der Waals surface area contributed by atoms with Gasteiger partial charge in [0.05, 0.1) is 18.2 Å². The van der Waals surface area contributed by atoms with Crippen molar-refractivity contribution in [3.8, 4) is 11.5 Å². The van der Waals surface area contributed by atoms with Crippen molar-refractivity contribution in [3.05, 3.63) is 90.0 Å². The summed E-state index contributed by atoms with van der Waals surface area (Å²) in [6.07, 6.45) is 1.13. The molecule has 0 radical (unpaired) electrons. The summed E-state index contributed by atoms with van der Waals surface area (Å²) in [4.78, 5) is 29.3. The number of hydrogen-bond acceptors (Lipinski definition) is 4. The molecule has 2 aliphatic heterocycles. The number of benzene rings is 3. The molecular weight excluding hydrogens is 376 g/mol. The van der Waals surface area contributed by atoms with Gasteiger partial charge in [-0.05, 0) is 53.9 Å². The Morgan fingerprint density at radius 3 is 2.20 bits per heavy atom. The number of anilines is 1. The van der Waals surface area contributed by atoms with E-state index < -0.39 is 6.04 Å². The van der Waals surface area contributed by atoms with Crippen LogP contribution >= 0.6 is 0 Å². The van der Waals surface area contributed by atoms with Gasteiger partial charge in [0.1, 0.15) is 11.5 Å². The van der Waals surface area contributed by atoms with Gasteiger partial charge >= 0.3 is 0 Å². The molecule has 2 amide bonds. The summed E-state index contributed by atoms with van der Waals surface area (Å²) < 4.78 is 5.80. The van der Waals surface area contributed by atoms with Gasteiger partial charge in [0.25, 0.3) is 5.91 Å². The van der Waals surface area contributed by atoms with E-state index in [9.17, 15) is 9.59 Å². The van der Waals surface area contributed by atoms with Crippen molar-refractivity contribution in [2.45, 2.75) is 25.4 Å². The number of carbonyl (C=O) groups excluding carboxylic acids is 2. The third-order valence-electron chi connectivity index (χ3n) is 5.80. The van der Waals surface area contributed by atoms with Crippen LogP contribution in [-0.2, 0) is 22.6 Å². The Hall–Kier alpha value is -3.44. The molecular formula is C25H22N2O3. The summed E-state index contributed by atoms with van der Waals surface area (Å²) >= 11 is 0. The molecule has 0 aromatic heterocycles. The highest BCUT2D eigenvalue weighted by atomic mass is 16.5. The van der Waals surface area contributed by atoms with Crippen LogP contribution < -0.4 is 9.64 Å². The van der Waals surface area contributed by atoms with E-state index in [0.717, 1.165) is 18.7 Å². The van der Waals surface area contributed by atoms with Gasteiger partial charge in [-0.3, -0.25) is 14.5 Å². The highest BCUT2D eigenvalue weighted by Gasteiger charge is 2.43. The molecule has 0 bridgehead atoms. The van der Waals surface area contributed by atoms with E-state index in [-0.39, 0.29) is 18.2 Å². The summed E-state index contributed by atoms with van der Waals surface area (Å²) in [5, 5.41) is 0. The van der Waals surface area contributed by atoms with Gasteiger partial charge in [-0.15, -0.1) is 0 Å². The van der Waals surface area contributed by atoms with Crippen LogP contribution in [0.4, 0.5) is 5.69 Å². The lowest BCUT2D eigenvalue weighted by molar-refractivity contribution is -0.123. The zero-order chi connectivity index (χ0) is 20.5. The number of para-hydroxylation sites is 1. The Kier molecular flexibility index (Phi) is 4.81. The van der Waals surface area contributed by atoms with Gasteiger partial charge in [0, 0.05) is 13.1 Å². The SMILES string of the molecule is O=C1CC(N2CCc3ccccc3C2)C(=O)N1c1ccc(Oc2ccccc2)cc1. The minimum absolute atomic E-state index is 0.142. The Morgan fingerprint density at radius 1 is 0.767 bits per heavy atom. The molecule has 5 heteroatoms. The average Bonchev–Trinajstić information content (AvgIpc) is 3.09. The molecule has 5 nitrogen and oxygen atoms in total. The van der Waals surface area contributed by atoms with Gasteiger partial charge < -0.3 is 4.74 Å². The van der Waals surface area contributed by atoms with Crippen molar-refractivity contribution in [2.24, 2.45) is 0 Å². The average molecular weight is 398 g/mol. The maximum absolute atomic E-state index is 13.1.